The van der Waals surface area contributed by atoms with Crippen molar-refractivity contribution in [3.05, 3.63) is 59.9 Å². The van der Waals surface area contributed by atoms with E-state index in [4.69, 9.17) is 5.26 Å². The van der Waals surface area contributed by atoms with Gasteiger partial charge in [-0.05, 0) is 43.7 Å². The maximum Gasteiger partial charge on any atom is 0.239 e. The number of amides is 2. The highest BCUT2D eigenvalue weighted by Gasteiger charge is 2.35. The van der Waals surface area contributed by atoms with Crippen LogP contribution in [-0.2, 0) is 16.1 Å². The lowest BCUT2D eigenvalue weighted by atomic mass is 9.90. The Balaban J connectivity index is 2.01. The van der Waals surface area contributed by atoms with Gasteiger partial charge < -0.3 is 10.6 Å². The van der Waals surface area contributed by atoms with Crippen LogP contribution in [0.4, 0.5) is 5.69 Å². The third kappa shape index (κ3) is 4.17. The Morgan fingerprint density at radius 2 is 2.00 bits per heavy atom. The Labute approximate surface area is 140 Å². The Morgan fingerprint density at radius 1 is 1.21 bits per heavy atom. The van der Waals surface area contributed by atoms with Gasteiger partial charge in [0.05, 0.1) is 11.6 Å². The highest BCUT2D eigenvalue weighted by Crippen LogP contribution is 2.20. The van der Waals surface area contributed by atoms with Gasteiger partial charge in [0, 0.05) is 24.6 Å². The molecule has 24 heavy (non-hydrogen) atoms. The molecular formula is C18H18N4O2. The number of nitriles is 1. The van der Waals surface area contributed by atoms with Crippen molar-refractivity contribution in [2.24, 2.45) is 5.41 Å². The smallest absolute Gasteiger partial charge is 0.239 e. The third-order valence-corrected chi connectivity index (χ3v) is 3.56. The summed E-state index contributed by atoms with van der Waals surface area (Å²) < 4.78 is 0. The summed E-state index contributed by atoms with van der Waals surface area (Å²) in [4.78, 5) is 28.7. The number of hydrogen-bond acceptors (Lipinski definition) is 4. The van der Waals surface area contributed by atoms with Gasteiger partial charge in [0.15, 0.2) is 0 Å². The molecule has 2 N–H and O–H groups in total. The number of rotatable bonds is 5. The second-order valence-electron chi connectivity index (χ2n) is 5.82. The number of hydrogen-bond donors (Lipinski definition) is 2. The zero-order valence-corrected chi connectivity index (χ0v) is 13.5. The van der Waals surface area contributed by atoms with Crippen LogP contribution in [0, 0.1) is 16.7 Å². The number of nitrogens with zero attached hydrogens (tertiary/aromatic N) is 2. The van der Waals surface area contributed by atoms with Crippen LogP contribution in [0.25, 0.3) is 0 Å². The van der Waals surface area contributed by atoms with E-state index >= 15 is 0 Å². The quantitative estimate of drug-likeness (QED) is 0.825. The molecule has 0 radical (unpaired) electrons. The summed E-state index contributed by atoms with van der Waals surface area (Å²) in [5, 5.41) is 14.3. The van der Waals surface area contributed by atoms with Gasteiger partial charge in [-0.1, -0.05) is 12.1 Å². The minimum Gasteiger partial charge on any atom is -0.351 e. The largest absolute Gasteiger partial charge is 0.351 e. The first-order valence-corrected chi connectivity index (χ1v) is 7.42. The maximum absolute atomic E-state index is 12.4. The zero-order chi connectivity index (χ0) is 17.6. The average molecular weight is 322 g/mol. The number of aromatic nitrogens is 1. The molecule has 2 aromatic rings. The fourth-order valence-electron chi connectivity index (χ4n) is 1.96. The van der Waals surface area contributed by atoms with Crippen molar-refractivity contribution >= 4 is 17.5 Å². The Kier molecular flexibility index (Phi) is 5.27. The highest BCUT2D eigenvalue weighted by molar-refractivity contribution is 6.09. The van der Waals surface area contributed by atoms with Crippen molar-refractivity contribution in [2.45, 2.75) is 20.4 Å². The molecule has 1 aromatic heterocycles. The first kappa shape index (κ1) is 17.2. The van der Waals surface area contributed by atoms with Crippen molar-refractivity contribution < 1.29 is 9.59 Å². The molecule has 0 aliphatic carbocycles. The van der Waals surface area contributed by atoms with Gasteiger partial charge in [0.2, 0.25) is 11.8 Å². The Morgan fingerprint density at radius 3 is 2.67 bits per heavy atom. The Hall–Kier alpha value is -3.20. The molecule has 0 bridgehead atoms. The van der Waals surface area contributed by atoms with Crippen LogP contribution in [0.1, 0.15) is 25.0 Å². The zero-order valence-electron chi connectivity index (χ0n) is 13.5. The average Bonchev–Trinajstić information content (AvgIpc) is 2.60. The minimum atomic E-state index is -1.26. The molecule has 2 amide bonds. The van der Waals surface area contributed by atoms with Crippen molar-refractivity contribution in [2.75, 3.05) is 5.32 Å². The molecule has 6 nitrogen and oxygen atoms in total. The fraction of sp³-hybridized carbons (Fsp3) is 0.222. The molecule has 2 rings (SSSR count). The summed E-state index contributed by atoms with van der Waals surface area (Å²) in [6.07, 6.45) is 3.30. The first-order chi connectivity index (χ1) is 11.4. The topological polar surface area (TPSA) is 94.9 Å². The molecule has 1 aromatic carbocycles. The molecule has 0 saturated carbocycles. The van der Waals surface area contributed by atoms with E-state index in [1.54, 1.807) is 56.6 Å². The molecular weight excluding hydrogens is 304 g/mol. The minimum absolute atomic E-state index is 0.299. The van der Waals surface area contributed by atoms with Crippen LogP contribution >= 0.6 is 0 Å². The predicted molar refractivity (Wildman–Crippen MR) is 89.7 cm³/mol. The number of nitrogens with one attached hydrogen (secondary N) is 2. The number of pyridine rings is 1. The van der Waals surface area contributed by atoms with Gasteiger partial charge >= 0.3 is 0 Å². The highest BCUT2D eigenvalue weighted by atomic mass is 16.2. The molecule has 0 fully saturated rings. The summed E-state index contributed by atoms with van der Waals surface area (Å²) in [5.41, 5.74) is 0.507. The van der Waals surface area contributed by atoms with Crippen molar-refractivity contribution in [1.82, 2.24) is 10.3 Å². The second kappa shape index (κ2) is 7.38. The normalized spacial score (nSPS) is 10.5. The monoisotopic (exact) mass is 322 g/mol. The predicted octanol–water partition coefficient (Wildman–Crippen LogP) is 2.23. The molecule has 0 atom stereocenters. The van der Waals surface area contributed by atoms with Crippen LogP contribution in [0.15, 0.2) is 48.8 Å². The molecule has 1 heterocycles. The molecule has 0 aliphatic heterocycles. The summed E-state index contributed by atoms with van der Waals surface area (Å²) in [7, 11) is 0. The third-order valence-electron chi connectivity index (χ3n) is 3.56. The van der Waals surface area contributed by atoms with Gasteiger partial charge in [0.1, 0.15) is 5.41 Å². The standard InChI is InChI=1S/C18H18N4O2/c1-18(2,16(23)21-12-14-6-4-8-20-11-14)17(24)22-15-7-3-5-13(9-15)10-19/h3-9,11H,12H2,1-2H3,(H,21,23)(H,22,24). The molecule has 122 valence electrons. The van der Waals surface area contributed by atoms with Crippen LogP contribution in [0.2, 0.25) is 0 Å². The van der Waals surface area contributed by atoms with Crippen molar-refractivity contribution in [3.63, 3.8) is 0 Å². The van der Waals surface area contributed by atoms with Gasteiger partial charge in [-0.2, -0.15) is 5.26 Å². The van der Waals surface area contributed by atoms with E-state index in [9.17, 15) is 9.59 Å². The van der Waals surface area contributed by atoms with E-state index in [2.05, 4.69) is 15.6 Å². The number of carbonyl (C=O) groups excluding carboxylic acids is 2. The molecule has 0 saturated heterocycles. The van der Waals surface area contributed by atoms with E-state index in [0.717, 1.165) is 5.56 Å². The maximum atomic E-state index is 12.4. The van der Waals surface area contributed by atoms with E-state index in [-0.39, 0.29) is 5.91 Å². The Bertz CT molecular complexity index is 779. The van der Waals surface area contributed by atoms with Crippen molar-refractivity contribution in [1.29, 1.82) is 5.26 Å². The summed E-state index contributed by atoms with van der Waals surface area (Å²) in [5.74, 6) is -0.832. The van der Waals surface area contributed by atoms with E-state index in [1.807, 2.05) is 12.1 Å². The van der Waals surface area contributed by atoms with Crippen LogP contribution < -0.4 is 10.6 Å². The SMILES string of the molecule is CC(C)(C(=O)NCc1cccnc1)C(=O)Nc1cccc(C#N)c1. The number of benzene rings is 1. The molecule has 0 unspecified atom stereocenters. The lowest BCUT2D eigenvalue weighted by Crippen LogP contribution is -2.44. The van der Waals surface area contributed by atoms with Gasteiger partial charge in [0.25, 0.3) is 0 Å². The van der Waals surface area contributed by atoms with Gasteiger partial charge in [-0.3, -0.25) is 14.6 Å². The lowest BCUT2D eigenvalue weighted by molar-refractivity contribution is -0.138. The first-order valence-electron chi connectivity index (χ1n) is 7.42. The number of anilines is 1. The molecule has 0 aliphatic rings. The molecule has 6 heteroatoms. The van der Waals surface area contributed by atoms with Crippen LogP contribution in [0.5, 0.6) is 0 Å². The van der Waals surface area contributed by atoms with Gasteiger partial charge in [-0.15, -0.1) is 0 Å². The van der Waals surface area contributed by atoms with E-state index in [0.29, 0.717) is 17.8 Å². The summed E-state index contributed by atoms with van der Waals surface area (Å²) in [6.45, 7) is 3.40. The lowest BCUT2D eigenvalue weighted by Gasteiger charge is -2.22. The van der Waals surface area contributed by atoms with E-state index in [1.165, 1.54) is 0 Å². The fourth-order valence-corrected chi connectivity index (χ4v) is 1.96. The van der Waals surface area contributed by atoms with Crippen LogP contribution in [0.3, 0.4) is 0 Å². The van der Waals surface area contributed by atoms with Crippen molar-refractivity contribution in [3.8, 4) is 6.07 Å². The summed E-state index contributed by atoms with van der Waals surface area (Å²) in [6, 6.07) is 12.2. The number of carbonyl (C=O) groups is 2. The summed E-state index contributed by atoms with van der Waals surface area (Å²) >= 11 is 0. The molecule has 0 spiro atoms. The van der Waals surface area contributed by atoms with Crippen LogP contribution in [-0.4, -0.2) is 16.8 Å². The second-order valence-corrected chi connectivity index (χ2v) is 5.82. The van der Waals surface area contributed by atoms with Gasteiger partial charge in [-0.25, -0.2) is 0 Å². The van der Waals surface area contributed by atoms with E-state index < -0.39 is 11.3 Å².